The van der Waals surface area contributed by atoms with Gasteiger partial charge in [-0.2, -0.15) is 0 Å². The summed E-state index contributed by atoms with van der Waals surface area (Å²) >= 11 is 0. The first-order valence-corrected chi connectivity index (χ1v) is 3.15. The van der Waals surface area contributed by atoms with E-state index >= 15 is 0 Å². The van der Waals surface area contributed by atoms with E-state index in [1.54, 1.807) is 13.0 Å². The van der Waals surface area contributed by atoms with Gasteiger partial charge in [-0.15, -0.1) is 0 Å². The van der Waals surface area contributed by atoms with E-state index in [9.17, 15) is 4.39 Å². The Morgan fingerprint density at radius 3 is 2.70 bits per heavy atom. The van der Waals surface area contributed by atoms with Gasteiger partial charge < -0.3 is 5.73 Å². The van der Waals surface area contributed by atoms with Gasteiger partial charge in [0.05, 0.1) is 0 Å². The lowest BCUT2D eigenvalue weighted by Crippen LogP contribution is -1.92. The molecule has 0 atom stereocenters. The molecule has 0 amide bonds. The fraction of sp³-hybridized carbons (Fsp3) is 0.250. The molecule has 0 saturated carbocycles. The monoisotopic (exact) mass is 141 g/mol. The Bertz CT molecular complexity index is 168. The molecule has 0 spiro atoms. The fourth-order valence-corrected chi connectivity index (χ4v) is 0.467. The largest absolute Gasteiger partial charge is 0.399 e. The number of nitrogens with two attached hydrogens (primary N) is 1. The van der Waals surface area contributed by atoms with Crippen LogP contribution >= 0.6 is 0 Å². The molecule has 0 aromatic carbocycles. The Balaban J connectivity index is 4.11. The first-order valence-electron chi connectivity index (χ1n) is 3.15. The first-order chi connectivity index (χ1) is 4.70. The van der Waals surface area contributed by atoms with Crippen molar-refractivity contribution in [1.82, 2.24) is 0 Å². The molecule has 2 N–H and O–H groups in total. The summed E-state index contributed by atoms with van der Waals surface area (Å²) in [5, 5.41) is 0. The van der Waals surface area contributed by atoms with Crippen LogP contribution in [-0.4, -0.2) is 0 Å². The normalized spacial score (nSPS) is 13.4. The summed E-state index contributed by atoms with van der Waals surface area (Å²) in [7, 11) is 0. The maximum Gasteiger partial charge on any atom is 0.102 e. The zero-order chi connectivity index (χ0) is 7.98. The van der Waals surface area contributed by atoms with Crippen LogP contribution < -0.4 is 5.73 Å². The summed E-state index contributed by atoms with van der Waals surface area (Å²) < 4.78 is 12.4. The van der Waals surface area contributed by atoms with E-state index in [-0.39, 0.29) is 5.83 Å². The zero-order valence-electron chi connectivity index (χ0n) is 6.10. The summed E-state index contributed by atoms with van der Waals surface area (Å²) in [5.74, 6) is -0.212. The number of allylic oxidation sites excluding steroid dienone is 4. The molecule has 2 heteroatoms. The topological polar surface area (TPSA) is 26.0 Å². The van der Waals surface area contributed by atoms with E-state index in [2.05, 4.69) is 6.58 Å². The van der Waals surface area contributed by atoms with Crippen LogP contribution in [0.5, 0.6) is 0 Å². The molecule has 0 bridgehead atoms. The minimum absolute atomic E-state index is 0.212. The van der Waals surface area contributed by atoms with Crippen LogP contribution in [0.2, 0.25) is 0 Å². The Morgan fingerprint density at radius 1 is 1.70 bits per heavy atom. The lowest BCUT2D eigenvalue weighted by Gasteiger charge is -1.90. The molecule has 10 heavy (non-hydrogen) atoms. The SMILES string of the molecule is C=C/C=C(N)\C=C(\F)CC. The van der Waals surface area contributed by atoms with Crippen molar-refractivity contribution in [1.29, 1.82) is 0 Å². The number of hydrogen-bond acceptors (Lipinski definition) is 1. The van der Waals surface area contributed by atoms with Gasteiger partial charge in [-0.3, -0.25) is 0 Å². The molecule has 56 valence electrons. The highest BCUT2D eigenvalue weighted by Gasteiger charge is 1.88. The first kappa shape index (κ1) is 8.95. The Labute approximate surface area is 60.7 Å². The van der Waals surface area contributed by atoms with Gasteiger partial charge in [-0.25, -0.2) is 4.39 Å². The van der Waals surface area contributed by atoms with Crippen molar-refractivity contribution < 1.29 is 4.39 Å². The van der Waals surface area contributed by atoms with Crippen LogP contribution in [0.15, 0.2) is 36.3 Å². The molecule has 0 unspecified atom stereocenters. The molecular formula is C8H12FN. The molecule has 0 fully saturated rings. The maximum atomic E-state index is 12.4. The van der Waals surface area contributed by atoms with Crippen molar-refractivity contribution in [3.8, 4) is 0 Å². The van der Waals surface area contributed by atoms with Crippen LogP contribution in [0.25, 0.3) is 0 Å². The minimum Gasteiger partial charge on any atom is -0.399 e. The van der Waals surface area contributed by atoms with E-state index in [0.717, 1.165) is 0 Å². The number of rotatable bonds is 3. The Hall–Kier alpha value is -1.05. The van der Waals surface area contributed by atoms with Gasteiger partial charge in [-0.05, 0) is 18.6 Å². The van der Waals surface area contributed by atoms with Crippen LogP contribution in [0.1, 0.15) is 13.3 Å². The zero-order valence-corrected chi connectivity index (χ0v) is 6.10. The highest BCUT2D eigenvalue weighted by atomic mass is 19.1. The van der Waals surface area contributed by atoms with E-state index in [1.165, 1.54) is 12.2 Å². The van der Waals surface area contributed by atoms with Gasteiger partial charge >= 0.3 is 0 Å². The number of halogens is 1. The molecule has 0 aliphatic heterocycles. The van der Waals surface area contributed by atoms with Crippen molar-refractivity contribution >= 4 is 0 Å². The van der Waals surface area contributed by atoms with Crippen LogP contribution in [-0.2, 0) is 0 Å². The van der Waals surface area contributed by atoms with Gasteiger partial charge in [0.25, 0.3) is 0 Å². The summed E-state index contributed by atoms with van der Waals surface area (Å²) in [6.07, 6.45) is 4.75. The van der Waals surface area contributed by atoms with E-state index < -0.39 is 0 Å². The highest BCUT2D eigenvalue weighted by Crippen LogP contribution is 2.03. The van der Waals surface area contributed by atoms with Crippen LogP contribution in [0.4, 0.5) is 4.39 Å². The molecule has 0 rings (SSSR count). The van der Waals surface area contributed by atoms with Crippen molar-refractivity contribution in [3.63, 3.8) is 0 Å². The molecule has 1 nitrogen and oxygen atoms in total. The molecule has 0 heterocycles. The maximum absolute atomic E-state index is 12.4. The van der Waals surface area contributed by atoms with Crippen molar-refractivity contribution in [3.05, 3.63) is 36.3 Å². The molecule has 0 radical (unpaired) electrons. The Morgan fingerprint density at radius 2 is 2.30 bits per heavy atom. The van der Waals surface area contributed by atoms with Crippen LogP contribution in [0, 0.1) is 0 Å². The summed E-state index contributed by atoms with van der Waals surface area (Å²) in [4.78, 5) is 0. The van der Waals surface area contributed by atoms with E-state index in [1.807, 2.05) is 0 Å². The molecule has 0 aromatic rings. The van der Waals surface area contributed by atoms with E-state index in [0.29, 0.717) is 12.1 Å². The predicted molar refractivity (Wildman–Crippen MR) is 41.9 cm³/mol. The second-order valence-corrected chi connectivity index (χ2v) is 1.85. The highest BCUT2D eigenvalue weighted by molar-refractivity contribution is 5.21. The molecule has 0 aliphatic rings. The van der Waals surface area contributed by atoms with E-state index in [4.69, 9.17) is 5.73 Å². The fourth-order valence-electron chi connectivity index (χ4n) is 0.467. The quantitative estimate of drug-likeness (QED) is 0.599. The third-order valence-corrected chi connectivity index (χ3v) is 0.971. The predicted octanol–water partition coefficient (Wildman–Crippen LogP) is 2.28. The second-order valence-electron chi connectivity index (χ2n) is 1.85. The number of hydrogen-bond donors (Lipinski definition) is 1. The third kappa shape index (κ3) is 3.89. The molecular weight excluding hydrogens is 129 g/mol. The lowest BCUT2D eigenvalue weighted by molar-refractivity contribution is 0.603. The van der Waals surface area contributed by atoms with Crippen molar-refractivity contribution in [2.45, 2.75) is 13.3 Å². The third-order valence-electron chi connectivity index (χ3n) is 0.971. The van der Waals surface area contributed by atoms with Crippen molar-refractivity contribution in [2.24, 2.45) is 5.73 Å². The minimum atomic E-state index is -0.212. The summed E-state index contributed by atoms with van der Waals surface area (Å²) in [6.45, 7) is 5.15. The smallest absolute Gasteiger partial charge is 0.102 e. The molecule has 0 aliphatic carbocycles. The van der Waals surface area contributed by atoms with Gasteiger partial charge in [0.2, 0.25) is 0 Å². The summed E-state index contributed by atoms with van der Waals surface area (Å²) in [5.41, 5.74) is 5.73. The lowest BCUT2D eigenvalue weighted by atomic mass is 10.3. The van der Waals surface area contributed by atoms with Crippen molar-refractivity contribution in [2.75, 3.05) is 0 Å². The van der Waals surface area contributed by atoms with Gasteiger partial charge in [0.1, 0.15) is 5.83 Å². The summed E-state index contributed by atoms with van der Waals surface area (Å²) in [6, 6.07) is 0. The van der Waals surface area contributed by atoms with Gasteiger partial charge in [0.15, 0.2) is 0 Å². The van der Waals surface area contributed by atoms with Gasteiger partial charge in [0, 0.05) is 5.70 Å². The van der Waals surface area contributed by atoms with Gasteiger partial charge in [-0.1, -0.05) is 19.6 Å². The average Bonchev–Trinajstić information content (AvgIpc) is 1.88. The Kier molecular flexibility index (Phi) is 4.29. The standard InChI is InChI=1S/C8H12FN/c1-3-5-8(10)6-7(9)4-2/h3,5-6H,1,4,10H2,2H3/b7-6+,8-5+. The van der Waals surface area contributed by atoms with Crippen LogP contribution in [0.3, 0.4) is 0 Å². The molecule has 0 saturated heterocycles. The average molecular weight is 141 g/mol. The molecule has 0 aromatic heterocycles. The second kappa shape index (κ2) is 4.79.